The van der Waals surface area contributed by atoms with Crippen molar-refractivity contribution in [3.8, 4) is 11.8 Å². The van der Waals surface area contributed by atoms with E-state index in [0.29, 0.717) is 12.5 Å². The minimum atomic E-state index is -4.54. The lowest BCUT2D eigenvalue weighted by Crippen LogP contribution is -2.30. The number of hydrogen-bond acceptors (Lipinski definition) is 3. The lowest BCUT2D eigenvalue weighted by atomic mass is 9.99. The fourth-order valence-corrected chi connectivity index (χ4v) is 2.21. The summed E-state index contributed by atoms with van der Waals surface area (Å²) >= 11 is 0. The second-order valence-electron chi connectivity index (χ2n) is 4.82. The van der Waals surface area contributed by atoms with Crippen molar-refractivity contribution < 1.29 is 17.9 Å². The molecule has 1 N–H and O–H groups in total. The summed E-state index contributed by atoms with van der Waals surface area (Å²) in [6, 6.07) is 5.02. The standard InChI is InChI=1S/C14H15F3N2O/c15-14(16,17)13-7-12(2-1-11(13)8-18)20-9-10-3-5-19-6-4-10/h1-2,7,10,19H,3-6,9H2. The number of benzene rings is 1. The molecular weight excluding hydrogens is 269 g/mol. The van der Waals surface area contributed by atoms with Crippen molar-refractivity contribution in [3.63, 3.8) is 0 Å². The summed E-state index contributed by atoms with van der Waals surface area (Å²) in [5, 5.41) is 11.9. The largest absolute Gasteiger partial charge is 0.493 e. The van der Waals surface area contributed by atoms with E-state index in [2.05, 4.69) is 5.32 Å². The van der Waals surface area contributed by atoms with Gasteiger partial charge in [0.15, 0.2) is 0 Å². The van der Waals surface area contributed by atoms with E-state index in [-0.39, 0.29) is 11.3 Å². The van der Waals surface area contributed by atoms with Crippen LogP contribution in [0.15, 0.2) is 18.2 Å². The summed E-state index contributed by atoms with van der Waals surface area (Å²) in [6.07, 6.45) is -2.62. The summed E-state index contributed by atoms with van der Waals surface area (Å²) < 4.78 is 43.8. The van der Waals surface area contributed by atoms with E-state index in [1.165, 1.54) is 6.07 Å². The van der Waals surface area contributed by atoms with Gasteiger partial charge >= 0.3 is 6.18 Å². The molecule has 0 aliphatic carbocycles. The second-order valence-corrected chi connectivity index (χ2v) is 4.82. The van der Waals surface area contributed by atoms with Crippen LogP contribution in [0.4, 0.5) is 13.2 Å². The number of rotatable bonds is 3. The summed E-state index contributed by atoms with van der Waals surface area (Å²) in [6.45, 7) is 2.23. The topological polar surface area (TPSA) is 45.0 Å². The van der Waals surface area contributed by atoms with E-state index in [1.807, 2.05) is 0 Å². The van der Waals surface area contributed by atoms with E-state index in [9.17, 15) is 13.2 Å². The lowest BCUT2D eigenvalue weighted by Gasteiger charge is -2.22. The van der Waals surface area contributed by atoms with Gasteiger partial charge in [-0.05, 0) is 50.0 Å². The van der Waals surface area contributed by atoms with Crippen molar-refractivity contribution in [3.05, 3.63) is 29.3 Å². The van der Waals surface area contributed by atoms with Crippen LogP contribution in [0.2, 0.25) is 0 Å². The summed E-state index contributed by atoms with van der Waals surface area (Å²) in [4.78, 5) is 0. The Balaban J connectivity index is 2.07. The van der Waals surface area contributed by atoms with Crippen LogP contribution in [0.25, 0.3) is 0 Å². The Hall–Kier alpha value is -1.74. The summed E-state index contributed by atoms with van der Waals surface area (Å²) in [5.41, 5.74) is -1.32. The Morgan fingerprint density at radius 2 is 2.00 bits per heavy atom. The predicted octanol–water partition coefficient (Wildman–Crippen LogP) is 2.96. The highest BCUT2D eigenvalue weighted by atomic mass is 19.4. The first-order valence-corrected chi connectivity index (χ1v) is 6.45. The van der Waals surface area contributed by atoms with E-state index in [4.69, 9.17) is 10.00 Å². The molecule has 0 bridgehead atoms. The normalized spacial score (nSPS) is 16.7. The molecule has 0 unspecified atom stereocenters. The molecule has 2 rings (SSSR count). The molecule has 20 heavy (non-hydrogen) atoms. The summed E-state index contributed by atoms with van der Waals surface area (Å²) in [5.74, 6) is 0.524. The van der Waals surface area contributed by atoms with Crippen LogP contribution < -0.4 is 10.1 Å². The number of ether oxygens (including phenoxy) is 1. The molecule has 1 aliphatic rings. The van der Waals surface area contributed by atoms with Crippen LogP contribution >= 0.6 is 0 Å². The molecule has 0 saturated carbocycles. The smallest absolute Gasteiger partial charge is 0.417 e. The highest BCUT2D eigenvalue weighted by molar-refractivity contribution is 5.44. The molecule has 1 saturated heterocycles. The molecule has 3 nitrogen and oxygen atoms in total. The number of hydrogen-bond donors (Lipinski definition) is 1. The number of alkyl halides is 3. The Bertz CT molecular complexity index is 502. The highest BCUT2D eigenvalue weighted by Crippen LogP contribution is 2.34. The van der Waals surface area contributed by atoms with E-state index < -0.39 is 11.7 Å². The van der Waals surface area contributed by atoms with Gasteiger partial charge in [-0.15, -0.1) is 0 Å². The van der Waals surface area contributed by atoms with Crippen molar-refractivity contribution in [2.45, 2.75) is 19.0 Å². The minimum absolute atomic E-state index is 0.162. The van der Waals surface area contributed by atoms with E-state index in [0.717, 1.165) is 38.1 Å². The van der Waals surface area contributed by atoms with Crippen LogP contribution in [0.5, 0.6) is 5.75 Å². The number of nitrogens with one attached hydrogen (secondary N) is 1. The van der Waals surface area contributed by atoms with Crippen molar-refractivity contribution >= 4 is 0 Å². The van der Waals surface area contributed by atoms with Gasteiger partial charge in [-0.2, -0.15) is 18.4 Å². The van der Waals surface area contributed by atoms with Gasteiger partial charge in [0.2, 0.25) is 0 Å². The Labute approximate surface area is 115 Å². The maximum Gasteiger partial charge on any atom is 0.417 e. The molecule has 0 aromatic heterocycles. The van der Waals surface area contributed by atoms with Gasteiger partial charge in [0.1, 0.15) is 5.75 Å². The molecule has 0 amide bonds. The molecule has 1 aromatic carbocycles. The van der Waals surface area contributed by atoms with Gasteiger partial charge in [-0.25, -0.2) is 0 Å². The zero-order valence-electron chi connectivity index (χ0n) is 10.8. The van der Waals surface area contributed by atoms with Crippen molar-refractivity contribution in [1.29, 1.82) is 5.26 Å². The van der Waals surface area contributed by atoms with Crippen LogP contribution in [0, 0.1) is 17.2 Å². The van der Waals surface area contributed by atoms with Gasteiger partial charge in [-0.1, -0.05) is 0 Å². The fraction of sp³-hybridized carbons (Fsp3) is 0.500. The van der Waals surface area contributed by atoms with Gasteiger partial charge in [-0.3, -0.25) is 0 Å². The predicted molar refractivity (Wildman–Crippen MR) is 67.2 cm³/mol. The average Bonchev–Trinajstić information content (AvgIpc) is 2.45. The van der Waals surface area contributed by atoms with Crippen LogP contribution in [-0.2, 0) is 6.18 Å². The Morgan fingerprint density at radius 3 is 2.60 bits per heavy atom. The maximum absolute atomic E-state index is 12.8. The third kappa shape index (κ3) is 3.64. The first kappa shape index (κ1) is 14.7. The SMILES string of the molecule is N#Cc1ccc(OCC2CCNCC2)cc1C(F)(F)F. The van der Waals surface area contributed by atoms with Crippen LogP contribution in [0.1, 0.15) is 24.0 Å². The minimum Gasteiger partial charge on any atom is -0.493 e. The Kier molecular flexibility index (Phi) is 4.50. The third-order valence-corrected chi connectivity index (χ3v) is 3.36. The summed E-state index contributed by atoms with van der Waals surface area (Å²) in [7, 11) is 0. The quantitative estimate of drug-likeness (QED) is 0.928. The number of nitrogens with zero attached hydrogens (tertiary/aromatic N) is 1. The van der Waals surface area contributed by atoms with Crippen molar-refractivity contribution in [2.75, 3.05) is 19.7 Å². The number of piperidine rings is 1. The molecule has 1 heterocycles. The molecule has 1 fully saturated rings. The van der Waals surface area contributed by atoms with Gasteiger partial charge in [0, 0.05) is 0 Å². The zero-order valence-corrected chi connectivity index (χ0v) is 10.8. The van der Waals surface area contributed by atoms with Gasteiger partial charge < -0.3 is 10.1 Å². The van der Waals surface area contributed by atoms with Crippen LogP contribution in [0.3, 0.4) is 0 Å². The molecule has 0 spiro atoms. The van der Waals surface area contributed by atoms with E-state index >= 15 is 0 Å². The van der Waals surface area contributed by atoms with Crippen molar-refractivity contribution in [1.82, 2.24) is 5.32 Å². The maximum atomic E-state index is 12.8. The van der Waals surface area contributed by atoms with Gasteiger partial charge in [0.25, 0.3) is 0 Å². The molecule has 0 radical (unpaired) electrons. The monoisotopic (exact) mass is 284 g/mol. The first-order chi connectivity index (χ1) is 9.50. The number of halogens is 3. The zero-order chi connectivity index (χ0) is 14.6. The molecular formula is C14H15F3N2O. The molecule has 1 aliphatic heterocycles. The fourth-order valence-electron chi connectivity index (χ4n) is 2.21. The average molecular weight is 284 g/mol. The molecule has 1 aromatic rings. The highest BCUT2D eigenvalue weighted by Gasteiger charge is 2.34. The molecule has 0 atom stereocenters. The lowest BCUT2D eigenvalue weighted by molar-refractivity contribution is -0.137. The van der Waals surface area contributed by atoms with Crippen molar-refractivity contribution in [2.24, 2.45) is 5.92 Å². The third-order valence-electron chi connectivity index (χ3n) is 3.36. The Morgan fingerprint density at radius 1 is 1.30 bits per heavy atom. The number of nitriles is 1. The second kappa shape index (κ2) is 6.14. The first-order valence-electron chi connectivity index (χ1n) is 6.45. The van der Waals surface area contributed by atoms with E-state index in [1.54, 1.807) is 6.07 Å². The molecule has 6 heteroatoms. The molecule has 108 valence electrons. The van der Waals surface area contributed by atoms with Gasteiger partial charge in [0.05, 0.1) is 23.8 Å². The van der Waals surface area contributed by atoms with Crippen LogP contribution in [-0.4, -0.2) is 19.7 Å².